The zero-order chi connectivity index (χ0) is 20.9. The van der Waals surface area contributed by atoms with E-state index in [-0.39, 0.29) is 17.4 Å². The molecule has 5 nitrogen and oxygen atoms in total. The minimum Gasteiger partial charge on any atom is -0.353 e. The van der Waals surface area contributed by atoms with Gasteiger partial charge in [-0.25, -0.2) is 0 Å². The summed E-state index contributed by atoms with van der Waals surface area (Å²) < 4.78 is 0. The Hall–Kier alpha value is -1.10. The second-order valence-corrected chi connectivity index (χ2v) is 10.7. The van der Waals surface area contributed by atoms with E-state index in [9.17, 15) is 9.59 Å². The van der Waals surface area contributed by atoms with Gasteiger partial charge >= 0.3 is 0 Å². The lowest BCUT2D eigenvalue weighted by atomic mass is 9.88. The van der Waals surface area contributed by atoms with Gasteiger partial charge in [-0.05, 0) is 38.5 Å². The molecule has 2 saturated carbocycles. The van der Waals surface area contributed by atoms with Crippen LogP contribution in [0.3, 0.4) is 0 Å². The van der Waals surface area contributed by atoms with Gasteiger partial charge < -0.3 is 10.2 Å². The number of amides is 2. The normalized spacial score (nSPS) is 23.7. The Morgan fingerprint density at radius 3 is 1.76 bits per heavy atom. The van der Waals surface area contributed by atoms with Crippen molar-refractivity contribution >= 4 is 11.8 Å². The standard InChI is InChI=1S/C24H43N3O2/c1-24(2,3)23(29)25-19-14-16-26(17-15-19)18-22(28)27(20-10-6-4-7-11-20)21-12-8-5-9-13-21/h19-21H,4-18H2,1-3H3,(H,25,29). The molecule has 3 rings (SSSR count). The van der Waals surface area contributed by atoms with Crippen LogP contribution in [0.4, 0.5) is 0 Å². The summed E-state index contributed by atoms with van der Waals surface area (Å²) in [5.41, 5.74) is -0.340. The SMILES string of the molecule is CC(C)(C)C(=O)NC1CCN(CC(=O)N(C2CCCCC2)C2CCCCC2)CC1. The van der Waals surface area contributed by atoms with Crippen molar-refractivity contribution in [1.82, 2.24) is 15.1 Å². The van der Waals surface area contributed by atoms with Crippen molar-refractivity contribution in [2.45, 2.75) is 116 Å². The first-order valence-corrected chi connectivity index (χ1v) is 12.2. The van der Waals surface area contributed by atoms with E-state index < -0.39 is 0 Å². The third kappa shape index (κ3) is 6.44. The highest BCUT2D eigenvalue weighted by atomic mass is 16.2. The van der Waals surface area contributed by atoms with Crippen LogP contribution in [0.15, 0.2) is 0 Å². The molecule has 29 heavy (non-hydrogen) atoms. The molecule has 0 aromatic heterocycles. The quantitative estimate of drug-likeness (QED) is 0.749. The summed E-state index contributed by atoms with van der Waals surface area (Å²) in [5.74, 6) is 0.494. The molecule has 0 radical (unpaired) electrons. The van der Waals surface area contributed by atoms with Gasteiger partial charge in [0.15, 0.2) is 0 Å². The second kappa shape index (κ2) is 10.3. The molecule has 2 amide bonds. The molecule has 3 aliphatic rings. The van der Waals surface area contributed by atoms with Crippen molar-refractivity contribution in [2.75, 3.05) is 19.6 Å². The number of piperidine rings is 1. The van der Waals surface area contributed by atoms with Gasteiger partial charge in [-0.3, -0.25) is 14.5 Å². The number of hydrogen-bond acceptors (Lipinski definition) is 3. The van der Waals surface area contributed by atoms with Crippen LogP contribution in [-0.4, -0.2) is 59.4 Å². The molecule has 166 valence electrons. The summed E-state index contributed by atoms with van der Waals surface area (Å²) in [7, 11) is 0. The third-order valence-corrected chi connectivity index (χ3v) is 7.19. The number of likely N-dealkylation sites (tertiary alicyclic amines) is 1. The van der Waals surface area contributed by atoms with Crippen LogP contribution in [0.5, 0.6) is 0 Å². The van der Waals surface area contributed by atoms with Crippen LogP contribution in [-0.2, 0) is 9.59 Å². The lowest BCUT2D eigenvalue weighted by molar-refractivity contribution is -0.139. The maximum atomic E-state index is 13.4. The van der Waals surface area contributed by atoms with Gasteiger partial charge in [-0.2, -0.15) is 0 Å². The molecule has 3 fully saturated rings. The highest BCUT2D eigenvalue weighted by molar-refractivity contribution is 5.81. The van der Waals surface area contributed by atoms with E-state index in [0.29, 0.717) is 24.5 Å². The van der Waals surface area contributed by atoms with E-state index in [1.807, 2.05) is 20.8 Å². The van der Waals surface area contributed by atoms with Gasteiger partial charge in [0.05, 0.1) is 6.54 Å². The van der Waals surface area contributed by atoms with Gasteiger partial charge in [0, 0.05) is 36.6 Å². The molecule has 0 spiro atoms. The van der Waals surface area contributed by atoms with Crippen LogP contribution in [0, 0.1) is 5.41 Å². The van der Waals surface area contributed by atoms with Crippen LogP contribution in [0.1, 0.15) is 97.8 Å². The maximum Gasteiger partial charge on any atom is 0.237 e. The molecule has 0 aromatic rings. The first-order chi connectivity index (χ1) is 13.8. The zero-order valence-electron chi connectivity index (χ0n) is 19.0. The van der Waals surface area contributed by atoms with E-state index in [1.54, 1.807) is 0 Å². The van der Waals surface area contributed by atoms with E-state index in [4.69, 9.17) is 0 Å². The third-order valence-electron chi connectivity index (χ3n) is 7.19. The lowest BCUT2D eigenvalue weighted by Gasteiger charge is -2.43. The highest BCUT2D eigenvalue weighted by Crippen LogP contribution is 2.30. The summed E-state index contributed by atoms with van der Waals surface area (Å²) in [6, 6.07) is 1.20. The van der Waals surface area contributed by atoms with E-state index >= 15 is 0 Å². The topological polar surface area (TPSA) is 52.7 Å². The molecule has 1 heterocycles. The number of nitrogens with zero attached hydrogens (tertiary/aromatic N) is 2. The average molecular weight is 406 g/mol. The Morgan fingerprint density at radius 2 is 1.31 bits per heavy atom. The molecule has 1 N–H and O–H groups in total. The molecule has 1 aliphatic heterocycles. The average Bonchev–Trinajstić information content (AvgIpc) is 2.70. The summed E-state index contributed by atoms with van der Waals surface area (Å²) in [4.78, 5) is 30.3. The Labute approximate surface area is 178 Å². The molecular formula is C24H43N3O2. The van der Waals surface area contributed by atoms with Crippen molar-refractivity contribution in [3.8, 4) is 0 Å². The molecule has 5 heteroatoms. The van der Waals surface area contributed by atoms with Crippen molar-refractivity contribution < 1.29 is 9.59 Å². The Kier molecular flexibility index (Phi) is 8.00. The lowest BCUT2D eigenvalue weighted by Crippen LogP contribution is -2.54. The van der Waals surface area contributed by atoms with Gasteiger partial charge in [-0.1, -0.05) is 59.3 Å². The number of rotatable bonds is 5. The zero-order valence-corrected chi connectivity index (χ0v) is 19.0. The van der Waals surface area contributed by atoms with E-state index in [0.717, 1.165) is 25.9 Å². The Bertz CT molecular complexity index is 519. The van der Waals surface area contributed by atoms with E-state index in [1.165, 1.54) is 64.2 Å². The van der Waals surface area contributed by atoms with Gasteiger partial charge in [-0.15, -0.1) is 0 Å². The predicted molar refractivity (Wildman–Crippen MR) is 118 cm³/mol. The van der Waals surface area contributed by atoms with Crippen molar-refractivity contribution in [2.24, 2.45) is 5.41 Å². The molecule has 0 bridgehead atoms. The van der Waals surface area contributed by atoms with E-state index in [2.05, 4.69) is 15.1 Å². The monoisotopic (exact) mass is 405 g/mol. The summed E-state index contributed by atoms with van der Waals surface area (Å²) in [6.07, 6.45) is 14.5. The fourth-order valence-electron chi connectivity index (χ4n) is 5.33. The largest absolute Gasteiger partial charge is 0.353 e. The first-order valence-electron chi connectivity index (χ1n) is 12.2. The van der Waals surface area contributed by atoms with Crippen molar-refractivity contribution in [3.05, 3.63) is 0 Å². The Balaban J connectivity index is 1.52. The smallest absolute Gasteiger partial charge is 0.237 e. The maximum absolute atomic E-state index is 13.4. The summed E-state index contributed by atoms with van der Waals surface area (Å²) in [5, 5.41) is 3.20. The summed E-state index contributed by atoms with van der Waals surface area (Å²) in [6.45, 7) is 8.25. The fourth-order valence-corrected chi connectivity index (χ4v) is 5.33. The number of nitrogens with one attached hydrogen (secondary N) is 1. The number of carbonyl (C=O) groups is 2. The molecule has 0 unspecified atom stereocenters. The first kappa shape index (κ1) is 22.6. The van der Waals surface area contributed by atoms with Crippen LogP contribution in [0.2, 0.25) is 0 Å². The van der Waals surface area contributed by atoms with Gasteiger partial charge in [0.2, 0.25) is 11.8 Å². The molecule has 0 aromatic carbocycles. The van der Waals surface area contributed by atoms with Crippen LogP contribution >= 0.6 is 0 Å². The fraction of sp³-hybridized carbons (Fsp3) is 0.917. The minimum atomic E-state index is -0.340. The van der Waals surface area contributed by atoms with Crippen molar-refractivity contribution in [3.63, 3.8) is 0 Å². The number of hydrogen-bond donors (Lipinski definition) is 1. The molecule has 2 aliphatic carbocycles. The highest BCUT2D eigenvalue weighted by Gasteiger charge is 2.34. The summed E-state index contributed by atoms with van der Waals surface area (Å²) >= 11 is 0. The van der Waals surface area contributed by atoms with Crippen LogP contribution in [0.25, 0.3) is 0 Å². The molecular weight excluding hydrogens is 362 g/mol. The minimum absolute atomic E-state index is 0.132. The number of carbonyl (C=O) groups excluding carboxylic acids is 2. The molecule has 1 saturated heterocycles. The van der Waals surface area contributed by atoms with Crippen molar-refractivity contribution in [1.29, 1.82) is 0 Å². The van der Waals surface area contributed by atoms with Gasteiger partial charge in [0.25, 0.3) is 0 Å². The van der Waals surface area contributed by atoms with Gasteiger partial charge in [0.1, 0.15) is 0 Å². The predicted octanol–water partition coefficient (Wildman–Crippen LogP) is 4.11. The molecule has 0 atom stereocenters. The van der Waals surface area contributed by atoms with Crippen LogP contribution < -0.4 is 5.32 Å². The Morgan fingerprint density at radius 1 is 0.828 bits per heavy atom. The second-order valence-electron chi connectivity index (χ2n) is 10.7.